The maximum Gasteiger partial charge on any atom is 0.403 e. The molecule has 2 atom stereocenters. The van der Waals surface area contributed by atoms with Crippen LogP contribution in [0, 0.1) is 0 Å². The summed E-state index contributed by atoms with van der Waals surface area (Å²) in [4.78, 5) is 12.9. The average molecular weight is 490 g/mol. The number of fused-ring (bicyclic) bond motifs is 3. The molecule has 0 aromatic heterocycles. The molecular weight excluding hydrogens is 460 g/mol. The van der Waals surface area contributed by atoms with Crippen LogP contribution in [0.3, 0.4) is 0 Å². The lowest BCUT2D eigenvalue weighted by Gasteiger charge is -2.48. The van der Waals surface area contributed by atoms with Crippen molar-refractivity contribution in [2.75, 3.05) is 72.5 Å². The lowest BCUT2D eigenvalue weighted by molar-refractivity contribution is -0.181. The van der Waals surface area contributed by atoms with Crippen molar-refractivity contribution in [1.82, 2.24) is 24.9 Å². The number of aliphatic imine (C=N–C) groups is 1. The van der Waals surface area contributed by atoms with Crippen molar-refractivity contribution in [1.29, 1.82) is 0 Å². The standard InChI is InChI=1S/C16H29F3N6.HI/c1-13(16(17,18)19)23-7-9-25(10-8-23)15(20-2)21-11-14-12-22-3-5-24(14)6-4-22;/h13-14H,3-12H2,1-2H3,(H,20,21);1H. The van der Waals surface area contributed by atoms with Crippen molar-refractivity contribution in [2.24, 2.45) is 4.99 Å². The van der Waals surface area contributed by atoms with E-state index in [1.54, 1.807) is 7.05 Å². The Hall–Kier alpha value is -0.330. The number of guanidine groups is 1. The second kappa shape index (κ2) is 9.24. The Morgan fingerprint density at radius 2 is 1.69 bits per heavy atom. The van der Waals surface area contributed by atoms with Crippen LogP contribution in [0.5, 0.6) is 0 Å². The highest BCUT2D eigenvalue weighted by molar-refractivity contribution is 14.0. The van der Waals surface area contributed by atoms with Gasteiger partial charge in [-0.15, -0.1) is 24.0 Å². The van der Waals surface area contributed by atoms with Gasteiger partial charge in [0.1, 0.15) is 6.04 Å². The van der Waals surface area contributed by atoms with E-state index in [9.17, 15) is 13.2 Å². The molecule has 0 spiro atoms. The van der Waals surface area contributed by atoms with Gasteiger partial charge in [-0.05, 0) is 6.92 Å². The normalized spacial score (nSPS) is 31.5. The smallest absolute Gasteiger partial charge is 0.355 e. The fraction of sp³-hybridized carbons (Fsp3) is 0.938. The summed E-state index contributed by atoms with van der Waals surface area (Å²) in [5, 5.41) is 3.43. The van der Waals surface area contributed by atoms with Crippen LogP contribution in [-0.4, -0.2) is 116 Å². The van der Waals surface area contributed by atoms with E-state index in [4.69, 9.17) is 0 Å². The first-order chi connectivity index (χ1) is 11.9. The quantitative estimate of drug-likeness (QED) is 0.359. The van der Waals surface area contributed by atoms with Crippen LogP contribution in [0.2, 0.25) is 0 Å². The summed E-state index contributed by atoms with van der Waals surface area (Å²) in [7, 11) is 1.74. The minimum Gasteiger partial charge on any atom is -0.355 e. The van der Waals surface area contributed by atoms with Gasteiger partial charge < -0.3 is 10.2 Å². The average Bonchev–Trinajstić information content (AvgIpc) is 2.62. The molecule has 4 aliphatic rings. The lowest BCUT2D eigenvalue weighted by atomic mass is 10.1. The molecule has 2 unspecified atom stereocenters. The molecule has 1 N–H and O–H groups in total. The molecule has 0 amide bonds. The highest BCUT2D eigenvalue weighted by Gasteiger charge is 2.41. The molecule has 0 aliphatic carbocycles. The summed E-state index contributed by atoms with van der Waals surface area (Å²) in [6.07, 6.45) is -4.16. The molecule has 4 aliphatic heterocycles. The molecule has 2 bridgehead atoms. The van der Waals surface area contributed by atoms with Gasteiger partial charge in [0.15, 0.2) is 5.96 Å². The number of nitrogens with zero attached hydrogens (tertiary/aromatic N) is 5. The summed E-state index contributed by atoms with van der Waals surface area (Å²) in [5.74, 6) is 0.803. The highest BCUT2D eigenvalue weighted by Crippen LogP contribution is 2.25. The fourth-order valence-electron chi connectivity index (χ4n) is 3.99. The van der Waals surface area contributed by atoms with Gasteiger partial charge in [-0.2, -0.15) is 13.2 Å². The Labute approximate surface area is 170 Å². The van der Waals surface area contributed by atoms with Crippen LogP contribution in [0.15, 0.2) is 4.99 Å². The zero-order valence-corrected chi connectivity index (χ0v) is 17.8. The maximum absolute atomic E-state index is 12.9. The van der Waals surface area contributed by atoms with Crippen LogP contribution < -0.4 is 5.32 Å². The molecule has 6 nitrogen and oxygen atoms in total. The number of piperazine rings is 4. The zero-order valence-electron chi connectivity index (χ0n) is 15.5. The minimum absolute atomic E-state index is 0. The van der Waals surface area contributed by atoms with Crippen LogP contribution >= 0.6 is 24.0 Å². The second-order valence-corrected chi connectivity index (χ2v) is 7.16. The van der Waals surface area contributed by atoms with E-state index >= 15 is 0 Å². The topological polar surface area (TPSA) is 37.4 Å². The van der Waals surface area contributed by atoms with Crippen molar-refractivity contribution in [3.05, 3.63) is 0 Å². The maximum atomic E-state index is 12.9. The SMILES string of the molecule is CN=C(NCC1CN2CCN1CC2)N1CCN(C(C)C(F)(F)F)CC1.I. The first kappa shape index (κ1) is 22.0. The third kappa shape index (κ3) is 5.14. The highest BCUT2D eigenvalue weighted by atomic mass is 127. The fourth-order valence-corrected chi connectivity index (χ4v) is 3.99. The Morgan fingerprint density at radius 1 is 1.08 bits per heavy atom. The van der Waals surface area contributed by atoms with Gasteiger partial charge in [-0.3, -0.25) is 19.7 Å². The van der Waals surface area contributed by atoms with Crippen molar-refractivity contribution < 1.29 is 13.2 Å². The van der Waals surface area contributed by atoms with E-state index in [1.807, 2.05) is 0 Å². The Balaban J connectivity index is 0.00000243. The summed E-state index contributed by atoms with van der Waals surface area (Å²) < 4.78 is 38.6. The molecule has 4 fully saturated rings. The van der Waals surface area contributed by atoms with E-state index in [1.165, 1.54) is 11.8 Å². The summed E-state index contributed by atoms with van der Waals surface area (Å²) in [6.45, 7) is 9.68. The van der Waals surface area contributed by atoms with Crippen LogP contribution in [0.25, 0.3) is 0 Å². The lowest BCUT2D eigenvalue weighted by Crippen LogP contribution is -2.64. The molecule has 4 rings (SSSR count). The summed E-state index contributed by atoms with van der Waals surface area (Å²) in [6, 6.07) is -0.893. The van der Waals surface area contributed by atoms with Gasteiger partial charge in [-0.1, -0.05) is 0 Å². The molecule has 0 saturated carbocycles. The van der Waals surface area contributed by atoms with Crippen molar-refractivity contribution in [2.45, 2.75) is 25.2 Å². The molecule has 0 aromatic carbocycles. The molecule has 10 heteroatoms. The third-order valence-corrected chi connectivity index (χ3v) is 5.74. The molecule has 0 aromatic rings. The van der Waals surface area contributed by atoms with E-state index in [0.29, 0.717) is 32.2 Å². The Bertz CT molecular complexity index is 473. The van der Waals surface area contributed by atoms with Gasteiger partial charge in [0.05, 0.1) is 0 Å². The molecule has 152 valence electrons. The molecule has 4 saturated heterocycles. The van der Waals surface area contributed by atoms with Gasteiger partial charge in [0.2, 0.25) is 0 Å². The number of rotatable bonds is 3. The molecule has 26 heavy (non-hydrogen) atoms. The Kier molecular flexibility index (Phi) is 7.81. The Morgan fingerprint density at radius 3 is 2.15 bits per heavy atom. The predicted octanol–water partition coefficient (Wildman–Crippen LogP) is 0.748. The molecule has 0 radical (unpaired) electrons. The number of hydrogen-bond donors (Lipinski definition) is 1. The van der Waals surface area contributed by atoms with Gasteiger partial charge in [-0.25, -0.2) is 0 Å². The monoisotopic (exact) mass is 490 g/mol. The zero-order chi connectivity index (χ0) is 18.0. The van der Waals surface area contributed by atoms with Crippen LogP contribution in [0.4, 0.5) is 13.2 Å². The van der Waals surface area contributed by atoms with E-state index in [2.05, 4.69) is 25.0 Å². The molecular formula is C16H30F3IN6. The molecule has 4 heterocycles. The largest absolute Gasteiger partial charge is 0.403 e. The van der Waals surface area contributed by atoms with Gasteiger partial charge in [0, 0.05) is 78.5 Å². The first-order valence-corrected chi connectivity index (χ1v) is 9.11. The number of alkyl halides is 3. The number of halogens is 4. The second-order valence-electron chi connectivity index (χ2n) is 7.16. The summed E-state index contributed by atoms with van der Waals surface area (Å²) >= 11 is 0. The predicted molar refractivity (Wildman–Crippen MR) is 107 cm³/mol. The summed E-state index contributed by atoms with van der Waals surface area (Å²) in [5.41, 5.74) is 0. The van der Waals surface area contributed by atoms with E-state index < -0.39 is 12.2 Å². The first-order valence-electron chi connectivity index (χ1n) is 9.11. The van der Waals surface area contributed by atoms with Gasteiger partial charge >= 0.3 is 6.18 Å². The van der Waals surface area contributed by atoms with Crippen molar-refractivity contribution in [3.8, 4) is 0 Å². The van der Waals surface area contributed by atoms with Crippen LogP contribution in [0.1, 0.15) is 6.92 Å². The number of nitrogens with one attached hydrogen (secondary N) is 1. The minimum atomic E-state index is -4.16. The van der Waals surface area contributed by atoms with E-state index in [0.717, 1.165) is 45.2 Å². The van der Waals surface area contributed by atoms with Crippen molar-refractivity contribution >= 4 is 29.9 Å². The number of hydrogen-bond acceptors (Lipinski definition) is 4. The third-order valence-electron chi connectivity index (χ3n) is 5.74. The van der Waals surface area contributed by atoms with Gasteiger partial charge in [0.25, 0.3) is 0 Å². The van der Waals surface area contributed by atoms with E-state index in [-0.39, 0.29) is 24.0 Å². The van der Waals surface area contributed by atoms with Crippen molar-refractivity contribution in [3.63, 3.8) is 0 Å². The van der Waals surface area contributed by atoms with Crippen LogP contribution in [-0.2, 0) is 0 Å².